The van der Waals surface area contributed by atoms with Gasteiger partial charge in [-0.1, -0.05) is 53.4 Å². The van der Waals surface area contributed by atoms with Crippen LogP contribution in [0, 0.1) is 28.1 Å². The monoisotopic (exact) mass is 224 g/mol. The molecule has 0 aromatic carbocycles. The topological polar surface area (TPSA) is 25.1 Å². The Bertz CT molecular complexity index is 288. The average Bonchev–Trinajstić information content (AvgIpc) is 2.83. The lowest BCUT2D eigenvalue weighted by Gasteiger charge is -2.47. The second-order valence-electron chi connectivity index (χ2n) is 6.75. The number of hydrogen-bond donors (Lipinski definition) is 0. The predicted molar refractivity (Wildman–Crippen MR) is 65.4 cm³/mol. The summed E-state index contributed by atoms with van der Waals surface area (Å²) in [5.74, 6) is 6.64. The zero-order valence-corrected chi connectivity index (χ0v) is 11.6. The van der Waals surface area contributed by atoms with Gasteiger partial charge in [-0.3, -0.25) is 0 Å². The highest BCUT2D eigenvalue weighted by Gasteiger charge is 2.45. The molecule has 1 aliphatic rings. The van der Waals surface area contributed by atoms with Crippen molar-refractivity contribution in [3.63, 3.8) is 0 Å². The summed E-state index contributed by atoms with van der Waals surface area (Å²) < 4.78 is 0. The molecule has 0 aliphatic carbocycles. The molecule has 0 aromatic heterocycles. The van der Waals surface area contributed by atoms with Crippen LogP contribution in [0.1, 0.15) is 54.9 Å². The minimum atomic E-state index is -0.0864. The molecular formula is C14H24O2. The molecular weight excluding hydrogens is 200 g/mol. The van der Waals surface area contributed by atoms with E-state index in [-0.39, 0.29) is 22.5 Å². The highest BCUT2D eigenvalue weighted by molar-refractivity contribution is 5.18. The molecule has 1 saturated heterocycles. The molecule has 92 valence electrons. The molecule has 1 aliphatic heterocycles. The minimum absolute atomic E-state index is 0.0328. The van der Waals surface area contributed by atoms with E-state index in [1.54, 1.807) is 0 Å². The Morgan fingerprint density at radius 1 is 0.875 bits per heavy atom. The maximum Gasteiger partial charge on any atom is 0.235 e. The van der Waals surface area contributed by atoms with Gasteiger partial charge in [0.05, 0.1) is 6.42 Å². The van der Waals surface area contributed by atoms with Gasteiger partial charge in [-0.25, -0.2) is 0 Å². The van der Waals surface area contributed by atoms with Crippen LogP contribution in [0.15, 0.2) is 0 Å². The van der Waals surface area contributed by atoms with E-state index in [0.29, 0.717) is 6.42 Å². The standard InChI is InChI=1S/C14H24O2/c1-12(2,3)14(7,13(4,5)6)10-8-9-11-15-16-11/h11H,9H2,1-7H3. The molecule has 2 nitrogen and oxygen atoms in total. The fourth-order valence-corrected chi connectivity index (χ4v) is 1.92. The van der Waals surface area contributed by atoms with E-state index in [2.05, 4.69) is 60.3 Å². The summed E-state index contributed by atoms with van der Waals surface area (Å²) in [4.78, 5) is 9.38. The van der Waals surface area contributed by atoms with E-state index in [9.17, 15) is 0 Å². The Balaban J connectivity index is 2.89. The zero-order chi connectivity index (χ0) is 12.6. The first-order valence-corrected chi connectivity index (χ1v) is 5.90. The molecule has 0 N–H and O–H groups in total. The lowest BCUT2D eigenvalue weighted by Crippen LogP contribution is -2.42. The average molecular weight is 224 g/mol. The molecule has 0 saturated carbocycles. The summed E-state index contributed by atoms with van der Waals surface area (Å²) in [5, 5.41) is 0. The molecule has 1 rings (SSSR count). The molecule has 0 amide bonds. The van der Waals surface area contributed by atoms with Gasteiger partial charge in [0.1, 0.15) is 0 Å². The maximum atomic E-state index is 4.69. The van der Waals surface area contributed by atoms with E-state index >= 15 is 0 Å². The van der Waals surface area contributed by atoms with Crippen molar-refractivity contribution < 1.29 is 9.78 Å². The van der Waals surface area contributed by atoms with Gasteiger partial charge < -0.3 is 0 Å². The lowest BCUT2D eigenvalue weighted by atomic mass is 9.55. The van der Waals surface area contributed by atoms with Gasteiger partial charge in [-0.2, -0.15) is 9.78 Å². The predicted octanol–water partition coefficient (Wildman–Crippen LogP) is 3.77. The number of hydrogen-bond acceptors (Lipinski definition) is 2. The first-order valence-electron chi connectivity index (χ1n) is 5.90. The van der Waals surface area contributed by atoms with E-state index in [1.165, 1.54) is 0 Å². The van der Waals surface area contributed by atoms with Gasteiger partial charge in [0.25, 0.3) is 0 Å². The van der Waals surface area contributed by atoms with Crippen LogP contribution in [0.5, 0.6) is 0 Å². The van der Waals surface area contributed by atoms with Crippen LogP contribution in [0.4, 0.5) is 0 Å². The molecule has 16 heavy (non-hydrogen) atoms. The van der Waals surface area contributed by atoms with Crippen LogP contribution in [0.25, 0.3) is 0 Å². The first-order chi connectivity index (χ1) is 7.08. The molecule has 2 heteroatoms. The molecule has 0 radical (unpaired) electrons. The van der Waals surface area contributed by atoms with Crippen molar-refractivity contribution in [3.8, 4) is 11.8 Å². The van der Waals surface area contributed by atoms with E-state index < -0.39 is 0 Å². The van der Waals surface area contributed by atoms with Gasteiger partial charge in [0.2, 0.25) is 6.29 Å². The molecule has 0 spiro atoms. The summed E-state index contributed by atoms with van der Waals surface area (Å²) in [6, 6.07) is 0. The van der Waals surface area contributed by atoms with Crippen molar-refractivity contribution in [3.05, 3.63) is 0 Å². The summed E-state index contributed by atoms with van der Waals surface area (Å²) in [7, 11) is 0. The molecule has 0 atom stereocenters. The van der Waals surface area contributed by atoms with Crippen LogP contribution in [-0.4, -0.2) is 6.29 Å². The molecule has 0 bridgehead atoms. The molecule has 0 aromatic rings. The molecule has 0 unspecified atom stereocenters. The van der Waals surface area contributed by atoms with E-state index in [1.807, 2.05) is 0 Å². The van der Waals surface area contributed by atoms with Crippen molar-refractivity contribution in [2.75, 3.05) is 0 Å². The second kappa shape index (κ2) is 4.05. The highest BCUT2D eigenvalue weighted by Crippen LogP contribution is 2.50. The Morgan fingerprint density at radius 2 is 1.31 bits per heavy atom. The lowest BCUT2D eigenvalue weighted by molar-refractivity contribution is 0.0468. The molecule has 1 fully saturated rings. The van der Waals surface area contributed by atoms with Gasteiger partial charge in [0.15, 0.2) is 0 Å². The Hall–Kier alpha value is -0.520. The zero-order valence-electron chi connectivity index (χ0n) is 11.6. The van der Waals surface area contributed by atoms with Crippen LogP contribution < -0.4 is 0 Å². The Labute approximate surface area is 99.6 Å². The van der Waals surface area contributed by atoms with Crippen LogP contribution >= 0.6 is 0 Å². The van der Waals surface area contributed by atoms with Crippen molar-refractivity contribution in [2.45, 2.75) is 61.2 Å². The fraction of sp³-hybridized carbons (Fsp3) is 0.857. The van der Waals surface area contributed by atoms with Crippen molar-refractivity contribution in [1.29, 1.82) is 0 Å². The third kappa shape index (κ3) is 2.78. The van der Waals surface area contributed by atoms with Crippen molar-refractivity contribution in [2.24, 2.45) is 16.2 Å². The Kier molecular flexibility index (Phi) is 3.43. The first kappa shape index (κ1) is 13.5. The van der Waals surface area contributed by atoms with Crippen LogP contribution in [0.2, 0.25) is 0 Å². The minimum Gasteiger partial charge on any atom is -0.197 e. The quantitative estimate of drug-likeness (QED) is 0.385. The fourth-order valence-electron chi connectivity index (χ4n) is 1.92. The summed E-state index contributed by atoms with van der Waals surface area (Å²) >= 11 is 0. The van der Waals surface area contributed by atoms with Crippen LogP contribution in [0.3, 0.4) is 0 Å². The van der Waals surface area contributed by atoms with Crippen molar-refractivity contribution >= 4 is 0 Å². The van der Waals surface area contributed by atoms with Gasteiger partial charge in [-0.05, 0) is 17.8 Å². The van der Waals surface area contributed by atoms with E-state index in [0.717, 1.165) is 0 Å². The largest absolute Gasteiger partial charge is 0.235 e. The number of rotatable bonds is 1. The maximum absolute atomic E-state index is 4.69. The van der Waals surface area contributed by atoms with Gasteiger partial charge in [0, 0.05) is 5.41 Å². The molecule has 1 heterocycles. The van der Waals surface area contributed by atoms with Gasteiger partial charge in [-0.15, -0.1) is 0 Å². The summed E-state index contributed by atoms with van der Waals surface area (Å²) in [6.45, 7) is 15.7. The van der Waals surface area contributed by atoms with E-state index in [4.69, 9.17) is 9.78 Å². The van der Waals surface area contributed by atoms with Crippen LogP contribution in [-0.2, 0) is 9.78 Å². The smallest absolute Gasteiger partial charge is 0.197 e. The third-order valence-corrected chi connectivity index (χ3v) is 3.84. The third-order valence-electron chi connectivity index (χ3n) is 3.84. The summed E-state index contributed by atoms with van der Waals surface area (Å²) in [6.07, 6.45) is 0.582. The van der Waals surface area contributed by atoms with Gasteiger partial charge >= 0.3 is 0 Å². The Morgan fingerprint density at radius 3 is 1.62 bits per heavy atom. The SMILES string of the molecule is CC(C)(C)C(C)(C#CCC1OO1)C(C)(C)C. The normalized spacial score (nSPS) is 17.9. The summed E-state index contributed by atoms with van der Waals surface area (Å²) in [5.41, 5.74) is 0.252. The highest BCUT2D eigenvalue weighted by atomic mass is 17.4. The second-order valence-corrected chi connectivity index (χ2v) is 6.75. The van der Waals surface area contributed by atoms with Crippen molar-refractivity contribution in [1.82, 2.24) is 0 Å².